The quantitative estimate of drug-likeness (QED) is 0.842. The van der Waals surface area contributed by atoms with Gasteiger partial charge in [0.15, 0.2) is 0 Å². The van der Waals surface area contributed by atoms with Crippen LogP contribution in [-0.2, 0) is 4.74 Å². The van der Waals surface area contributed by atoms with Gasteiger partial charge in [0.25, 0.3) is 5.91 Å². The summed E-state index contributed by atoms with van der Waals surface area (Å²) in [7, 11) is 0. The molecule has 1 aliphatic heterocycles. The first-order chi connectivity index (χ1) is 8.50. The minimum absolute atomic E-state index is 0.144. The Hall–Kier alpha value is -1.55. The molecule has 0 spiro atoms. The molecule has 0 atom stereocenters. The standard InChI is InChI=1S/C14H19NO3/c1-10-3-4-11(9-12(10)16)13(17)15-14(2)5-7-18-8-6-14/h3-4,9,16H,5-8H2,1-2H3,(H,15,17). The van der Waals surface area contributed by atoms with Gasteiger partial charge in [-0.05, 0) is 44.4 Å². The third kappa shape index (κ3) is 2.82. The number of carbonyl (C=O) groups is 1. The average Bonchev–Trinajstić information content (AvgIpc) is 2.33. The van der Waals surface area contributed by atoms with Crippen LogP contribution >= 0.6 is 0 Å². The van der Waals surface area contributed by atoms with Crippen LogP contribution in [0.15, 0.2) is 18.2 Å². The molecule has 0 saturated carbocycles. The summed E-state index contributed by atoms with van der Waals surface area (Å²) in [5.74, 6) is 0.00878. The Balaban J connectivity index is 2.09. The van der Waals surface area contributed by atoms with Gasteiger partial charge >= 0.3 is 0 Å². The van der Waals surface area contributed by atoms with Crippen molar-refractivity contribution in [3.05, 3.63) is 29.3 Å². The van der Waals surface area contributed by atoms with Crippen LogP contribution in [0.5, 0.6) is 5.75 Å². The van der Waals surface area contributed by atoms with Crippen LogP contribution in [-0.4, -0.2) is 29.8 Å². The molecule has 1 amide bonds. The zero-order valence-corrected chi connectivity index (χ0v) is 10.8. The fourth-order valence-electron chi connectivity index (χ4n) is 2.04. The van der Waals surface area contributed by atoms with E-state index < -0.39 is 0 Å². The van der Waals surface area contributed by atoms with E-state index in [4.69, 9.17) is 4.74 Å². The van der Waals surface area contributed by atoms with Crippen molar-refractivity contribution in [2.75, 3.05) is 13.2 Å². The molecule has 1 aromatic carbocycles. The number of aryl methyl sites for hydroxylation is 1. The minimum Gasteiger partial charge on any atom is -0.508 e. The van der Waals surface area contributed by atoms with Crippen molar-refractivity contribution in [1.82, 2.24) is 5.32 Å². The molecule has 0 bridgehead atoms. The number of nitrogens with one attached hydrogen (secondary N) is 1. The zero-order chi connectivity index (χ0) is 13.2. The maximum Gasteiger partial charge on any atom is 0.251 e. The largest absolute Gasteiger partial charge is 0.508 e. The Morgan fingerprint density at radius 1 is 1.39 bits per heavy atom. The number of aromatic hydroxyl groups is 1. The van der Waals surface area contributed by atoms with Gasteiger partial charge in [-0.2, -0.15) is 0 Å². The third-order valence-corrected chi connectivity index (χ3v) is 3.48. The Bertz CT molecular complexity index is 450. The lowest BCUT2D eigenvalue weighted by atomic mass is 9.92. The molecule has 18 heavy (non-hydrogen) atoms. The molecule has 1 heterocycles. The molecule has 0 radical (unpaired) electrons. The number of rotatable bonds is 2. The van der Waals surface area contributed by atoms with Crippen molar-refractivity contribution >= 4 is 5.91 Å². The number of benzene rings is 1. The van der Waals surface area contributed by atoms with Crippen molar-refractivity contribution in [2.24, 2.45) is 0 Å². The van der Waals surface area contributed by atoms with E-state index in [1.165, 1.54) is 6.07 Å². The maximum absolute atomic E-state index is 12.1. The van der Waals surface area contributed by atoms with Crippen LogP contribution < -0.4 is 5.32 Å². The van der Waals surface area contributed by atoms with Crippen molar-refractivity contribution in [3.8, 4) is 5.75 Å². The van der Waals surface area contributed by atoms with Gasteiger partial charge in [-0.25, -0.2) is 0 Å². The van der Waals surface area contributed by atoms with E-state index in [1.807, 2.05) is 6.92 Å². The summed E-state index contributed by atoms with van der Waals surface area (Å²) in [5, 5.41) is 12.6. The monoisotopic (exact) mass is 249 g/mol. The first kappa shape index (κ1) is 12.9. The number of amides is 1. The molecule has 1 saturated heterocycles. The molecule has 4 nitrogen and oxygen atoms in total. The predicted octanol–water partition coefficient (Wildman–Crippen LogP) is 2.00. The molecule has 98 valence electrons. The molecule has 1 aliphatic rings. The van der Waals surface area contributed by atoms with Gasteiger partial charge in [-0.3, -0.25) is 4.79 Å². The summed E-state index contributed by atoms with van der Waals surface area (Å²) >= 11 is 0. The van der Waals surface area contributed by atoms with E-state index >= 15 is 0 Å². The van der Waals surface area contributed by atoms with E-state index in [0.717, 1.165) is 18.4 Å². The van der Waals surface area contributed by atoms with Gasteiger partial charge in [0, 0.05) is 24.3 Å². The lowest BCUT2D eigenvalue weighted by Crippen LogP contribution is -2.49. The second-order valence-electron chi connectivity index (χ2n) is 5.13. The Labute approximate surface area is 107 Å². The van der Waals surface area contributed by atoms with Gasteiger partial charge in [-0.1, -0.05) is 6.07 Å². The van der Waals surface area contributed by atoms with Crippen LogP contribution in [0.2, 0.25) is 0 Å². The SMILES string of the molecule is Cc1ccc(C(=O)NC2(C)CCOCC2)cc1O. The highest BCUT2D eigenvalue weighted by Crippen LogP contribution is 2.22. The van der Waals surface area contributed by atoms with Crippen LogP contribution in [0.1, 0.15) is 35.7 Å². The number of hydrogen-bond acceptors (Lipinski definition) is 3. The van der Waals surface area contributed by atoms with Gasteiger partial charge in [0.05, 0.1) is 0 Å². The van der Waals surface area contributed by atoms with Gasteiger partial charge < -0.3 is 15.2 Å². The Morgan fingerprint density at radius 3 is 2.67 bits per heavy atom. The molecule has 1 fully saturated rings. The highest BCUT2D eigenvalue weighted by atomic mass is 16.5. The van der Waals surface area contributed by atoms with Crippen molar-refractivity contribution in [3.63, 3.8) is 0 Å². The number of phenolic OH excluding ortho intramolecular Hbond substituents is 1. The van der Waals surface area contributed by atoms with E-state index in [9.17, 15) is 9.90 Å². The summed E-state index contributed by atoms with van der Waals surface area (Å²) in [6.07, 6.45) is 1.63. The first-order valence-corrected chi connectivity index (χ1v) is 6.20. The molecule has 0 unspecified atom stereocenters. The van der Waals surface area contributed by atoms with E-state index in [2.05, 4.69) is 5.32 Å². The zero-order valence-electron chi connectivity index (χ0n) is 10.8. The Morgan fingerprint density at radius 2 is 2.06 bits per heavy atom. The smallest absolute Gasteiger partial charge is 0.251 e. The lowest BCUT2D eigenvalue weighted by Gasteiger charge is -2.34. The second kappa shape index (κ2) is 4.98. The molecule has 1 aromatic rings. The van der Waals surface area contributed by atoms with E-state index in [1.54, 1.807) is 19.1 Å². The maximum atomic E-state index is 12.1. The van der Waals surface area contributed by atoms with E-state index in [0.29, 0.717) is 18.8 Å². The topological polar surface area (TPSA) is 58.6 Å². The van der Waals surface area contributed by atoms with Gasteiger partial charge in [0.2, 0.25) is 0 Å². The van der Waals surface area contributed by atoms with Gasteiger partial charge in [-0.15, -0.1) is 0 Å². The predicted molar refractivity (Wildman–Crippen MR) is 68.8 cm³/mol. The molecular weight excluding hydrogens is 230 g/mol. The lowest BCUT2D eigenvalue weighted by molar-refractivity contribution is 0.0422. The normalized spacial score (nSPS) is 18.3. The molecule has 4 heteroatoms. The third-order valence-electron chi connectivity index (χ3n) is 3.48. The summed E-state index contributed by atoms with van der Waals surface area (Å²) in [6, 6.07) is 4.98. The summed E-state index contributed by atoms with van der Waals surface area (Å²) in [6.45, 7) is 5.18. The highest BCUT2D eigenvalue weighted by Gasteiger charge is 2.29. The van der Waals surface area contributed by atoms with Gasteiger partial charge in [0.1, 0.15) is 5.75 Å². The van der Waals surface area contributed by atoms with Crippen molar-refractivity contribution in [2.45, 2.75) is 32.2 Å². The summed E-state index contributed by atoms with van der Waals surface area (Å²) in [5.41, 5.74) is 1.05. The second-order valence-corrected chi connectivity index (χ2v) is 5.13. The molecular formula is C14H19NO3. The molecule has 2 rings (SSSR count). The van der Waals surface area contributed by atoms with Crippen LogP contribution in [0.3, 0.4) is 0 Å². The summed E-state index contributed by atoms with van der Waals surface area (Å²) < 4.78 is 5.30. The number of ether oxygens (including phenoxy) is 1. The highest BCUT2D eigenvalue weighted by molar-refractivity contribution is 5.95. The van der Waals surface area contributed by atoms with Crippen molar-refractivity contribution in [1.29, 1.82) is 0 Å². The van der Waals surface area contributed by atoms with Crippen LogP contribution in [0, 0.1) is 6.92 Å². The van der Waals surface area contributed by atoms with Crippen LogP contribution in [0.4, 0.5) is 0 Å². The summed E-state index contributed by atoms with van der Waals surface area (Å²) in [4.78, 5) is 12.1. The fourth-order valence-corrected chi connectivity index (χ4v) is 2.04. The molecule has 0 aromatic heterocycles. The average molecular weight is 249 g/mol. The van der Waals surface area contributed by atoms with E-state index in [-0.39, 0.29) is 17.2 Å². The minimum atomic E-state index is -0.212. The number of carbonyl (C=O) groups excluding carboxylic acids is 1. The number of hydrogen-bond donors (Lipinski definition) is 2. The van der Waals surface area contributed by atoms with Crippen molar-refractivity contribution < 1.29 is 14.6 Å². The fraction of sp³-hybridized carbons (Fsp3) is 0.500. The van der Waals surface area contributed by atoms with Crippen LogP contribution in [0.25, 0.3) is 0 Å². The first-order valence-electron chi connectivity index (χ1n) is 6.20. The Kier molecular flexibility index (Phi) is 3.57. The molecule has 2 N–H and O–H groups in total. The molecule has 0 aliphatic carbocycles. The number of phenols is 1.